The molecule has 8 heteroatoms. The fraction of sp³-hybridized carbons (Fsp3) is 0.375. The SMILES string of the molecule is CCCCCCOc1ccc(C(=O)NC(=S)NNC(=O)COc2cccc(C)c2C)cc1. The van der Waals surface area contributed by atoms with Crippen LogP contribution in [-0.2, 0) is 4.79 Å². The van der Waals surface area contributed by atoms with Gasteiger partial charge in [-0.2, -0.15) is 0 Å². The van der Waals surface area contributed by atoms with Crippen LogP contribution >= 0.6 is 12.2 Å². The number of benzene rings is 2. The summed E-state index contributed by atoms with van der Waals surface area (Å²) in [7, 11) is 0. The van der Waals surface area contributed by atoms with E-state index in [2.05, 4.69) is 23.1 Å². The molecule has 0 atom stereocenters. The minimum Gasteiger partial charge on any atom is -0.494 e. The summed E-state index contributed by atoms with van der Waals surface area (Å²) in [6.07, 6.45) is 4.55. The zero-order valence-corrected chi connectivity index (χ0v) is 19.6. The monoisotopic (exact) mass is 457 g/mol. The van der Waals surface area contributed by atoms with Gasteiger partial charge in [-0.15, -0.1) is 0 Å². The van der Waals surface area contributed by atoms with Crippen molar-refractivity contribution in [3.05, 3.63) is 59.2 Å². The van der Waals surface area contributed by atoms with Gasteiger partial charge in [-0.3, -0.25) is 25.8 Å². The second kappa shape index (κ2) is 13.3. The number of hydrazine groups is 1. The highest BCUT2D eigenvalue weighted by molar-refractivity contribution is 7.80. The standard InChI is InChI=1S/C24H31N3O4S/c1-4-5-6-7-15-30-20-13-11-19(12-14-20)23(29)25-24(32)27-26-22(28)16-31-21-10-8-9-17(2)18(21)3/h8-14H,4-7,15-16H2,1-3H3,(H,26,28)(H2,25,27,29,32). The topological polar surface area (TPSA) is 88.7 Å². The Kier molecular flexibility index (Phi) is 10.5. The number of hydrogen-bond donors (Lipinski definition) is 3. The summed E-state index contributed by atoms with van der Waals surface area (Å²) in [5, 5.41) is 2.49. The Hall–Kier alpha value is -3.13. The van der Waals surface area contributed by atoms with Crippen LogP contribution in [0.25, 0.3) is 0 Å². The first-order chi connectivity index (χ1) is 15.4. The van der Waals surface area contributed by atoms with Crippen LogP contribution in [0.15, 0.2) is 42.5 Å². The van der Waals surface area contributed by atoms with Crippen LogP contribution in [0, 0.1) is 13.8 Å². The highest BCUT2D eigenvalue weighted by Gasteiger charge is 2.10. The highest BCUT2D eigenvalue weighted by Crippen LogP contribution is 2.20. The number of thiocarbonyl (C=S) groups is 1. The number of carbonyl (C=O) groups excluding carboxylic acids is 2. The zero-order valence-electron chi connectivity index (χ0n) is 18.8. The number of ether oxygens (including phenoxy) is 2. The molecule has 7 nitrogen and oxygen atoms in total. The van der Waals surface area contributed by atoms with E-state index in [-0.39, 0.29) is 11.7 Å². The van der Waals surface area contributed by atoms with Crippen LogP contribution in [0.5, 0.6) is 11.5 Å². The molecule has 0 unspecified atom stereocenters. The number of hydrogen-bond acceptors (Lipinski definition) is 5. The average Bonchev–Trinajstić information content (AvgIpc) is 2.79. The molecule has 0 spiro atoms. The molecule has 2 rings (SSSR count). The van der Waals surface area contributed by atoms with Crippen molar-refractivity contribution in [1.82, 2.24) is 16.2 Å². The second-order valence-corrected chi connectivity index (χ2v) is 7.78. The predicted octanol–water partition coefficient (Wildman–Crippen LogP) is 3.98. The van der Waals surface area contributed by atoms with Crippen LogP contribution in [0.4, 0.5) is 0 Å². The fourth-order valence-corrected chi connectivity index (χ4v) is 2.96. The van der Waals surface area contributed by atoms with Crippen molar-refractivity contribution in [3.63, 3.8) is 0 Å². The van der Waals surface area contributed by atoms with E-state index in [4.69, 9.17) is 21.7 Å². The summed E-state index contributed by atoms with van der Waals surface area (Å²) < 4.78 is 11.2. The van der Waals surface area contributed by atoms with E-state index in [0.29, 0.717) is 17.9 Å². The molecule has 0 bridgehead atoms. The number of amides is 2. The summed E-state index contributed by atoms with van der Waals surface area (Å²) in [5.41, 5.74) is 7.38. The van der Waals surface area contributed by atoms with Crippen molar-refractivity contribution in [2.45, 2.75) is 46.5 Å². The molecule has 172 valence electrons. The lowest BCUT2D eigenvalue weighted by Gasteiger charge is -2.13. The Labute approximate surface area is 194 Å². The van der Waals surface area contributed by atoms with Gasteiger partial charge in [0.15, 0.2) is 11.7 Å². The van der Waals surface area contributed by atoms with Gasteiger partial charge in [-0.05, 0) is 73.9 Å². The molecule has 0 aliphatic rings. The molecule has 0 heterocycles. The zero-order chi connectivity index (χ0) is 23.3. The van der Waals surface area contributed by atoms with E-state index < -0.39 is 11.8 Å². The van der Waals surface area contributed by atoms with Crippen LogP contribution in [0.1, 0.15) is 54.1 Å². The average molecular weight is 458 g/mol. The van der Waals surface area contributed by atoms with E-state index in [0.717, 1.165) is 29.7 Å². The van der Waals surface area contributed by atoms with Gasteiger partial charge in [-0.1, -0.05) is 38.3 Å². The maximum absolute atomic E-state index is 12.3. The minimum atomic E-state index is -0.428. The van der Waals surface area contributed by atoms with Crippen molar-refractivity contribution < 1.29 is 19.1 Å². The first-order valence-electron chi connectivity index (χ1n) is 10.7. The molecule has 0 saturated carbocycles. The van der Waals surface area contributed by atoms with Crippen molar-refractivity contribution in [2.75, 3.05) is 13.2 Å². The first-order valence-corrected chi connectivity index (χ1v) is 11.1. The summed E-state index contributed by atoms with van der Waals surface area (Å²) in [6.45, 7) is 6.54. The van der Waals surface area contributed by atoms with Crippen molar-refractivity contribution in [2.24, 2.45) is 0 Å². The summed E-state index contributed by atoms with van der Waals surface area (Å²) >= 11 is 5.06. The maximum Gasteiger partial charge on any atom is 0.276 e. The molecule has 0 radical (unpaired) electrons. The molecular formula is C24H31N3O4S. The second-order valence-electron chi connectivity index (χ2n) is 7.38. The highest BCUT2D eigenvalue weighted by atomic mass is 32.1. The summed E-state index contributed by atoms with van der Waals surface area (Å²) in [5.74, 6) is 0.542. The molecule has 2 aromatic carbocycles. The van der Waals surface area contributed by atoms with Crippen LogP contribution in [-0.4, -0.2) is 30.1 Å². The molecule has 0 saturated heterocycles. The molecule has 0 aromatic heterocycles. The van der Waals surface area contributed by atoms with E-state index in [1.165, 1.54) is 12.8 Å². The largest absolute Gasteiger partial charge is 0.494 e. The van der Waals surface area contributed by atoms with Gasteiger partial charge >= 0.3 is 0 Å². The molecule has 2 amide bonds. The lowest BCUT2D eigenvalue weighted by Crippen LogP contribution is -2.49. The first kappa shape index (κ1) is 25.1. The molecule has 0 aliphatic heterocycles. The Morgan fingerprint density at radius 3 is 2.41 bits per heavy atom. The molecule has 32 heavy (non-hydrogen) atoms. The van der Waals surface area contributed by atoms with Crippen molar-refractivity contribution in [3.8, 4) is 11.5 Å². The van der Waals surface area contributed by atoms with Gasteiger partial charge in [0.05, 0.1) is 6.61 Å². The molecule has 2 aromatic rings. The quantitative estimate of drug-likeness (QED) is 0.284. The minimum absolute atomic E-state index is 0.0219. The smallest absolute Gasteiger partial charge is 0.276 e. The van der Waals surface area contributed by atoms with Crippen LogP contribution in [0.3, 0.4) is 0 Å². The van der Waals surface area contributed by atoms with Gasteiger partial charge in [0, 0.05) is 5.56 Å². The van der Waals surface area contributed by atoms with Gasteiger partial charge in [0.1, 0.15) is 11.5 Å². The predicted molar refractivity (Wildman–Crippen MR) is 129 cm³/mol. The molecule has 0 fully saturated rings. The number of unbranched alkanes of at least 4 members (excludes halogenated alkanes) is 3. The fourth-order valence-electron chi connectivity index (χ4n) is 2.81. The number of carbonyl (C=O) groups is 2. The van der Waals surface area contributed by atoms with E-state index >= 15 is 0 Å². The molecule has 3 N–H and O–H groups in total. The van der Waals surface area contributed by atoms with Gasteiger partial charge in [0.25, 0.3) is 11.8 Å². The van der Waals surface area contributed by atoms with Crippen molar-refractivity contribution in [1.29, 1.82) is 0 Å². The normalized spacial score (nSPS) is 10.2. The summed E-state index contributed by atoms with van der Waals surface area (Å²) in [4.78, 5) is 24.3. The number of rotatable bonds is 10. The Balaban J connectivity index is 1.70. The van der Waals surface area contributed by atoms with Gasteiger partial charge < -0.3 is 9.47 Å². The van der Waals surface area contributed by atoms with E-state index in [1.54, 1.807) is 30.3 Å². The Morgan fingerprint density at radius 2 is 1.69 bits per heavy atom. The molecule has 0 aliphatic carbocycles. The van der Waals surface area contributed by atoms with Crippen LogP contribution < -0.4 is 25.6 Å². The Morgan fingerprint density at radius 1 is 0.938 bits per heavy atom. The maximum atomic E-state index is 12.3. The van der Waals surface area contributed by atoms with Crippen LogP contribution in [0.2, 0.25) is 0 Å². The Bertz CT molecular complexity index is 916. The molecular weight excluding hydrogens is 426 g/mol. The van der Waals surface area contributed by atoms with Gasteiger partial charge in [-0.25, -0.2) is 0 Å². The third-order valence-electron chi connectivity index (χ3n) is 4.84. The third kappa shape index (κ3) is 8.55. The van der Waals surface area contributed by atoms with Crippen molar-refractivity contribution >= 4 is 29.1 Å². The lowest BCUT2D eigenvalue weighted by molar-refractivity contribution is -0.123. The summed E-state index contributed by atoms with van der Waals surface area (Å²) in [6, 6.07) is 12.5. The van der Waals surface area contributed by atoms with E-state index in [1.807, 2.05) is 26.0 Å². The number of aryl methyl sites for hydroxylation is 1. The third-order valence-corrected chi connectivity index (χ3v) is 5.04. The number of nitrogens with one attached hydrogen (secondary N) is 3. The lowest BCUT2D eigenvalue weighted by atomic mass is 10.1. The van der Waals surface area contributed by atoms with E-state index in [9.17, 15) is 9.59 Å². The van der Waals surface area contributed by atoms with Gasteiger partial charge in [0.2, 0.25) is 0 Å².